The molecule has 0 aromatic heterocycles. The summed E-state index contributed by atoms with van der Waals surface area (Å²) in [5.74, 6) is -5.13. The third-order valence-electron chi connectivity index (χ3n) is 2.64. The van der Waals surface area contributed by atoms with Gasteiger partial charge in [0, 0.05) is 28.2 Å². The molecule has 0 saturated carbocycles. The maximum atomic E-state index is 13.5. The molecular formula is C15H8BrF4NO. The van der Waals surface area contributed by atoms with Crippen LogP contribution in [0, 0.1) is 23.3 Å². The van der Waals surface area contributed by atoms with Crippen molar-refractivity contribution in [3.63, 3.8) is 0 Å². The van der Waals surface area contributed by atoms with E-state index >= 15 is 0 Å². The maximum absolute atomic E-state index is 13.5. The standard InChI is InChI=1S/C15H8BrF4NO/c16-9-2-3-10(17)8(5-9)1-4-15(22)21-14-7-12(19)11(18)6-13(14)20/h1-7H,(H,21,22). The van der Waals surface area contributed by atoms with E-state index in [1.54, 1.807) is 0 Å². The summed E-state index contributed by atoms with van der Waals surface area (Å²) in [5, 5.41) is 2.04. The van der Waals surface area contributed by atoms with Crippen molar-refractivity contribution in [1.82, 2.24) is 0 Å². The summed E-state index contributed by atoms with van der Waals surface area (Å²) in [7, 11) is 0. The number of rotatable bonds is 3. The van der Waals surface area contributed by atoms with Gasteiger partial charge < -0.3 is 5.32 Å². The molecule has 0 atom stereocenters. The molecule has 7 heteroatoms. The lowest BCUT2D eigenvalue weighted by atomic mass is 10.2. The molecule has 2 aromatic rings. The Balaban J connectivity index is 2.15. The van der Waals surface area contributed by atoms with Crippen LogP contribution in [0.25, 0.3) is 6.08 Å². The number of benzene rings is 2. The zero-order valence-electron chi connectivity index (χ0n) is 10.8. The van der Waals surface area contributed by atoms with E-state index < -0.39 is 34.9 Å². The maximum Gasteiger partial charge on any atom is 0.248 e. The van der Waals surface area contributed by atoms with Crippen LogP contribution < -0.4 is 5.32 Å². The minimum atomic E-state index is -1.36. The minimum absolute atomic E-state index is 0.135. The van der Waals surface area contributed by atoms with Gasteiger partial charge in [0.25, 0.3) is 0 Å². The summed E-state index contributed by atoms with van der Waals surface area (Å²) in [5.41, 5.74) is -0.376. The van der Waals surface area contributed by atoms with Crippen LogP contribution in [0.5, 0.6) is 0 Å². The SMILES string of the molecule is O=C(C=Cc1cc(Br)ccc1F)Nc1cc(F)c(F)cc1F. The van der Waals surface area contributed by atoms with Crippen molar-refractivity contribution in [3.8, 4) is 0 Å². The van der Waals surface area contributed by atoms with Crippen molar-refractivity contribution in [1.29, 1.82) is 0 Å². The Labute approximate surface area is 131 Å². The average Bonchev–Trinajstić information content (AvgIpc) is 2.45. The van der Waals surface area contributed by atoms with Gasteiger partial charge in [-0.15, -0.1) is 0 Å². The zero-order chi connectivity index (χ0) is 16.3. The van der Waals surface area contributed by atoms with Gasteiger partial charge in [-0.1, -0.05) is 15.9 Å². The predicted molar refractivity (Wildman–Crippen MR) is 78.1 cm³/mol. The van der Waals surface area contributed by atoms with E-state index in [1.807, 2.05) is 5.32 Å². The fourth-order valence-corrected chi connectivity index (χ4v) is 1.98. The second-order valence-electron chi connectivity index (χ2n) is 4.23. The Kier molecular flexibility index (Phi) is 4.97. The van der Waals surface area contributed by atoms with E-state index in [-0.39, 0.29) is 5.56 Å². The van der Waals surface area contributed by atoms with Gasteiger partial charge in [0.1, 0.15) is 11.6 Å². The van der Waals surface area contributed by atoms with Gasteiger partial charge in [-0.3, -0.25) is 4.79 Å². The molecule has 2 nitrogen and oxygen atoms in total. The molecule has 0 bridgehead atoms. The Morgan fingerprint density at radius 2 is 1.64 bits per heavy atom. The summed E-state index contributed by atoms with van der Waals surface area (Å²) in [6.07, 6.45) is 2.12. The lowest BCUT2D eigenvalue weighted by Gasteiger charge is -2.04. The molecular weight excluding hydrogens is 366 g/mol. The molecule has 0 heterocycles. The van der Waals surface area contributed by atoms with Crippen LogP contribution in [0.1, 0.15) is 5.56 Å². The number of amides is 1. The first-order valence-electron chi connectivity index (χ1n) is 5.95. The highest BCUT2D eigenvalue weighted by Gasteiger charge is 2.11. The highest BCUT2D eigenvalue weighted by Crippen LogP contribution is 2.19. The van der Waals surface area contributed by atoms with Crippen molar-refractivity contribution in [2.24, 2.45) is 0 Å². The first-order valence-corrected chi connectivity index (χ1v) is 6.75. The van der Waals surface area contributed by atoms with Crippen molar-refractivity contribution >= 4 is 33.6 Å². The van der Waals surface area contributed by atoms with Gasteiger partial charge >= 0.3 is 0 Å². The molecule has 0 unspecified atom stereocenters. The second kappa shape index (κ2) is 6.74. The number of carbonyl (C=O) groups excluding carboxylic acids is 1. The minimum Gasteiger partial charge on any atom is -0.320 e. The van der Waals surface area contributed by atoms with E-state index in [0.29, 0.717) is 16.6 Å². The van der Waals surface area contributed by atoms with E-state index in [4.69, 9.17) is 0 Å². The third-order valence-corrected chi connectivity index (χ3v) is 3.13. The molecule has 1 amide bonds. The first-order chi connectivity index (χ1) is 10.4. The van der Waals surface area contributed by atoms with Crippen LogP contribution in [0.15, 0.2) is 40.9 Å². The second-order valence-corrected chi connectivity index (χ2v) is 5.15. The summed E-state index contributed by atoms with van der Waals surface area (Å²) in [6.45, 7) is 0. The lowest BCUT2D eigenvalue weighted by Crippen LogP contribution is -2.10. The van der Waals surface area contributed by atoms with Crippen LogP contribution in [0.2, 0.25) is 0 Å². The van der Waals surface area contributed by atoms with Gasteiger partial charge in [-0.05, 0) is 24.3 Å². The molecule has 2 aromatic carbocycles. The fraction of sp³-hybridized carbons (Fsp3) is 0. The molecule has 0 fully saturated rings. The molecule has 0 spiro atoms. The van der Waals surface area contributed by atoms with Crippen LogP contribution in [-0.4, -0.2) is 5.91 Å². The Morgan fingerprint density at radius 3 is 2.36 bits per heavy atom. The summed E-state index contributed by atoms with van der Waals surface area (Å²) >= 11 is 3.15. The highest BCUT2D eigenvalue weighted by atomic mass is 79.9. The van der Waals surface area contributed by atoms with Crippen LogP contribution in [0.3, 0.4) is 0 Å². The Morgan fingerprint density at radius 1 is 0.955 bits per heavy atom. The van der Waals surface area contributed by atoms with Gasteiger partial charge in [0.15, 0.2) is 11.6 Å². The third kappa shape index (κ3) is 3.94. The van der Waals surface area contributed by atoms with E-state index in [1.165, 1.54) is 24.3 Å². The largest absolute Gasteiger partial charge is 0.320 e. The van der Waals surface area contributed by atoms with E-state index in [0.717, 1.165) is 6.08 Å². The topological polar surface area (TPSA) is 29.1 Å². The Hall–Kier alpha value is -2.15. The van der Waals surface area contributed by atoms with E-state index in [2.05, 4.69) is 15.9 Å². The Bertz CT molecular complexity index is 761. The summed E-state index contributed by atoms with van der Waals surface area (Å²) in [4.78, 5) is 11.6. The van der Waals surface area contributed by atoms with Gasteiger partial charge in [0.05, 0.1) is 5.69 Å². The van der Waals surface area contributed by atoms with E-state index in [9.17, 15) is 22.4 Å². The first kappa shape index (κ1) is 16.2. The number of hydrogen-bond acceptors (Lipinski definition) is 1. The molecule has 0 saturated heterocycles. The predicted octanol–water partition coefficient (Wildman–Crippen LogP) is 4.66. The monoisotopic (exact) mass is 373 g/mol. The molecule has 0 aliphatic heterocycles. The highest BCUT2D eigenvalue weighted by molar-refractivity contribution is 9.10. The molecule has 1 N–H and O–H groups in total. The average molecular weight is 374 g/mol. The zero-order valence-corrected chi connectivity index (χ0v) is 12.4. The quantitative estimate of drug-likeness (QED) is 0.473. The van der Waals surface area contributed by atoms with Crippen molar-refractivity contribution in [2.45, 2.75) is 0 Å². The number of nitrogens with one attached hydrogen (secondary N) is 1. The smallest absolute Gasteiger partial charge is 0.248 e. The number of carbonyl (C=O) groups is 1. The molecule has 0 aliphatic carbocycles. The van der Waals surface area contributed by atoms with Crippen LogP contribution in [0.4, 0.5) is 23.2 Å². The van der Waals surface area contributed by atoms with Crippen molar-refractivity contribution in [2.75, 3.05) is 5.32 Å². The van der Waals surface area contributed by atoms with Crippen LogP contribution >= 0.6 is 15.9 Å². The van der Waals surface area contributed by atoms with Crippen molar-refractivity contribution in [3.05, 3.63) is 69.7 Å². The fourth-order valence-electron chi connectivity index (χ4n) is 1.60. The number of halogens is 5. The van der Waals surface area contributed by atoms with Gasteiger partial charge in [-0.2, -0.15) is 0 Å². The molecule has 0 aliphatic rings. The molecule has 2 rings (SSSR count). The van der Waals surface area contributed by atoms with Gasteiger partial charge in [0.2, 0.25) is 5.91 Å². The molecule has 0 radical (unpaired) electrons. The van der Waals surface area contributed by atoms with Gasteiger partial charge in [-0.25, -0.2) is 17.6 Å². The van der Waals surface area contributed by atoms with Crippen molar-refractivity contribution < 1.29 is 22.4 Å². The molecule has 22 heavy (non-hydrogen) atoms. The normalized spacial score (nSPS) is 11.0. The van der Waals surface area contributed by atoms with Crippen LogP contribution in [-0.2, 0) is 4.79 Å². The number of anilines is 1. The molecule has 114 valence electrons. The summed E-state index contributed by atoms with van der Waals surface area (Å²) in [6, 6.07) is 4.98. The number of hydrogen-bond donors (Lipinski definition) is 1. The lowest BCUT2D eigenvalue weighted by molar-refractivity contribution is -0.111. The summed E-state index contributed by atoms with van der Waals surface area (Å²) < 4.78 is 53.2.